The van der Waals surface area contributed by atoms with Gasteiger partial charge in [-0.25, -0.2) is 13.8 Å². The molecule has 2 aromatic rings. The first-order valence-electron chi connectivity index (χ1n) is 7.93. The van der Waals surface area contributed by atoms with Crippen LogP contribution in [0.25, 0.3) is 0 Å². The van der Waals surface area contributed by atoms with E-state index in [1.54, 1.807) is 30.3 Å². The third kappa shape index (κ3) is 3.64. The molecule has 1 heterocycles. The molecular formula is C18H20F2N4. The van der Waals surface area contributed by atoms with E-state index in [0.29, 0.717) is 43.4 Å². The minimum absolute atomic E-state index is 0.214. The van der Waals surface area contributed by atoms with Gasteiger partial charge >= 0.3 is 0 Å². The van der Waals surface area contributed by atoms with Gasteiger partial charge in [0.25, 0.3) is 0 Å². The number of piperazine rings is 1. The van der Waals surface area contributed by atoms with Crippen molar-refractivity contribution in [1.82, 2.24) is 4.90 Å². The fraction of sp³-hybridized carbons (Fsp3) is 0.278. The van der Waals surface area contributed by atoms with Crippen molar-refractivity contribution in [2.75, 3.05) is 31.1 Å². The van der Waals surface area contributed by atoms with Crippen LogP contribution in [-0.2, 0) is 6.54 Å². The summed E-state index contributed by atoms with van der Waals surface area (Å²) in [5, 5.41) is 0. The fourth-order valence-electron chi connectivity index (χ4n) is 2.78. The lowest BCUT2D eigenvalue weighted by molar-refractivity contribution is 0.378. The number of nitrogens with two attached hydrogens (primary N) is 1. The Labute approximate surface area is 140 Å². The van der Waals surface area contributed by atoms with Crippen LogP contribution >= 0.6 is 0 Å². The van der Waals surface area contributed by atoms with E-state index in [2.05, 4.69) is 4.99 Å². The Hall–Kier alpha value is -2.63. The van der Waals surface area contributed by atoms with Crippen LogP contribution in [-0.4, -0.2) is 37.0 Å². The monoisotopic (exact) mass is 330 g/mol. The molecule has 0 radical (unpaired) electrons. The number of guanidine groups is 1. The molecule has 0 aliphatic carbocycles. The molecule has 0 bridgehead atoms. The summed E-state index contributed by atoms with van der Waals surface area (Å²) in [6.45, 7) is 2.85. The lowest BCUT2D eigenvalue weighted by Crippen LogP contribution is -2.51. The molecule has 3 rings (SSSR count). The molecule has 0 atom stereocenters. The molecule has 1 aliphatic heterocycles. The Balaban J connectivity index is 1.59. The van der Waals surface area contributed by atoms with E-state index in [-0.39, 0.29) is 18.2 Å². The van der Waals surface area contributed by atoms with Crippen molar-refractivity contribution in [3.05, 3.63) is 65.7 Å². The van der Waals surface area contributed by atoms with Gasteiger partial charge in [0.2, 0.25) is 0 Å². The number of anilines is 1. The number of hydrogen-bond donors (Lipinski definition) is 1. The number of para-hydroxylation sites is 1. The summed E-state index contributed by atoms with van der Waals surface area (Å²) in [6.07, 6.45) is 0. The molecule has 0 spiro atoms. The Bertz CT molecular complexity index is 724. The van der Waals surface area contributed by atoms with Gasteiger partial charge in [0.1, 0.15) is 11.6 Å². The molecule has 0 saturated carbocycles. The van der Waals surface area contributed by atoms with Crippen molar-refractivity contribution < 1.29 is 8.78 Å². The van der Waals surface area contributed by atoms with Gasteiger partial charge < -0.3 is 15.5 Å². The van der Waals surface area contributed by atoms with Gasteiger partial charge in [-0.15, -0.1) is 0 Å². The zero-order chi connectivity index (χ0) is 16.9. The van der Waals surface area contributed by atoms with Crippen LogP contribution in [0.5, 0.6) is 0 Å². The molecule has 6 heteroatoms. The molecule has 0 aromatic heterocycles. The van der Waals surface area contributed by atoms with Crippen LogP contribution in [0.15, 0.2) is 53.5 Å². The zero-order valence-electron chi connectivity index (χ0n) is 13.3. The molecule has 2 N–H and O–H groups in total. The van der Waals surface area contributed by atoms with Gasteiger partial charge in [0, 0.05) is 31.7 Å². The van der Waals surface area contributed by atoms with Gasteiger partial charge in [0.05, 0.1) is 12.2 Å². The first-order valence-corrected chi connectivity index (χ1v) is 7.93. The van der Waals surface area contributed by atoms with Crippen LogP contribution in [0.4, 0.5) is 14.5 Å². The number of rotatable bonds is 3. The van der Waals surface area contributed by atoms with E-state index in [0.717, 1.165) is 0 Å². The Kier molecular flexibility index (Phi) is 4.93. The maximum atomic E-state index is 13.8. The highest BCUT2D eigenvalue weighted by Gasteiger charge is 2.20. The van der Waals surface area contributed by atoms with E-state index < -0.39 is 0 Å². The molecule has 24 heavy (non-hydrogen) atoms. The summed E-state index contributed by atoms with van der Waals surface area (Å²) in [5.74, 6) is -0.1000. The Morgan fingerprint density at radius 2 is 1.54 bits per heavy atom. The molecule has 0 unspecified atom stereocenters. The highest BCUT2D eigenvalue weighted by molar-refractivity contribution is 5.78. The average Bonchev–Trinajstić information content (AvgIpc) is 2.61. The summed E-state index contributed by atoms with van der Waals surface area (Å²) in [7, 11) is 0. The summed E-state index contributed by atoms with van der Waals surface area (Å²) in [4.78, 5) is 8.22. The SMILES string of the molecule is NC(=NCc1ccccc1F)N1CCN(c2ccccc2F)CC1. The number of aliphatic imine (C=N–C) groups is 1. The lowest BCUT2D eigenvalue weighted by atomic mass is 10.2. The Morgan fingerprint density at radius 3 is 2.21 bits per heavy atom. The third-order valence-corrected chi connectivity index (χ3v) is 4.17. The molecule has 126 valence electrons. The van der Waals surface area contributed by atoms with Crippen LogP contribution in [0.1, 0.15) is 5.56 Å². The van der Waals surface area contributed by atoms with Gasteiger partial charge in [-0.05, 0) is 18.2 Å². The number of hydrogen-bond acceptors (Lipinski definition) is 2. The number of nitrogens with zero attached hydrogens (tertiary/aromatic N) is 3. The van der Waals surface area contributed by atoms with Crippen molar-refractivity contribution >= 4 is 11.6 Å². The maximum absolute atomic E-state index is 13.8. The zero-order valence-corrected chi connectivity index (χ0v) is 13.3. The quantitative estimate of drug-likeness (QED) is 0.695. The largest absolute Gasteiger partial charge is 0.370 e. The second-order valence-electron chi connectivity index (χ2n) is 5.69. The summed E-state index contributed by atoms with van der Waals surface area (Å²) in [5.41, 5.74) is 7.15. The van der Waals surface area contributed by atoms with Crippen LogP contribution in [0.2, 0.25) is 0 Å². The minimum Gasteiger partial charge on any atom is -0.370 e. The first kappa shape index (κ1) is 16.2. The van der Waals surface area contributed by atoms with E-state index >= 15 is 0 Å². The van der Waals surface area contributed by atoms with Crippen molar-refractivity contribution in [3.63, 3.8) is 0 Å². The highest BCUT2D eigenvalue weighted by Crippen LogP contribution is 2.20. The fourth-order valence-corrected chi connectivity index (χ4v) is 2.78. The number of halogens is 2. The van der Waals surface area contributed by atoms with E-state index in [1.807, 2.05) is 15.9 Å². The van der Waals surface area contributed by atoms with Crippen molar-refractivity contribution in [3.8, 4) is 0 Å². The Morgan fingerprint density at radius 1 is 0.917 bits per heavy atom. The second kappa shape index (κ2) is 7.29. The molecule has 1 fully saturated rings. The highest BCUT2D eigenvalue weighted by atomic mass is 19.1. The first-order chi connectivity index (χ1) is 11.6. The smallest absolute Gasteiger partial charge is 0.191 e. The van der Waals surface area contributed by atoms with Crippen LogP contribution in [0.3, 0.4) is 0 Å². The second-order valence-corrected chi connectivity index (χ2v) is 5.69. The summed E-state index contributed by atoms with van der Waals surface area (Å²) >= 11 is 0. The molecule has 4 nitrogen and oxygen atoms in total. The molecule has 2 aromatic carbocycles. The minimum atomic E-state index is -0.279. The van der Waals surface area contributed by atoms with Gasteiger partial charge in [-0.1, -0.05) is 30.3 Å². The molecule has 1 aliphatic rings. The summed E-state index contributed by atoms with van der Waals surface area (Å²) in [6, 6.07) is 13.3. The van der Waals surface area contributed by atoms with Gasteiger partial charge in [-0.2, -0.15) is 0 Å². The predicted octanol–water partition coefficient (Wildman–Crippen LogP) is 2.60. The van der Waals surface area contributed by atoms with Crippen molar-refractivity contribution in [1.29, 1.82) is 0 Å². The standard InChI is InChI=1S/C18H20F2N4/c19-15-6-2-1-5-14(15)13-22-18(21)24-11-9-23(10-12-24)17-8-4-3-7-16(17)20/h1-8H,9-13H2,(H2,21,22). The van der Waals surface area contributed by atoms with Crippen molar-refractivity contribution in [2.45, 2.75) is 6.54 Å². The van der Waals surface area contributed by atoms with Crippen LogP contribution in [0, 0.1) is 11.6 Å². The van der Waals surface area contributed by atoms with E-state index in [4.69, 9.17) is 5.73 Å². The summed E-state index contributed by atoms with van der Waals surface area (Å²) < 4.78 is 27.4. The molecule has 0 amide bonds. The van der Waals surface area contributed by atoms with Gasteiger partial charge in [-0.3, -0.25) is 0 Å². The van der Waals surface area contributed by atoms with E-state index in [9.17, 15) is 8.78 Å². The van der Waals surface area contributed by atoms with Crippen LogP contribution < -0.4 is 10.6 Å². The van der Waals surface area contributed by atoms with Gasteiger partial charge in [0.15, 0.2) is 5.96 Å². The molecule has 1 saturated heterocycles. The van der Waals surface area contributed by atoms with Crippen molar-refractivity contribution in [2.24, 2.45) is 10.7 Å². The lowest BCUT2D eigenvalue weighted by Gasteiger charge is -2.36. The predicted molar refractivity (Wildman–Crippen MR) is 91.9 cm³/mol. The maximum Gasteiger partial charge on any atom is 0.191 e. The number of benzene rings is 2. The molecular weight excluding hydrogens is 310 g/mol. The normalized spacial score (nSPS) is 15.7. The average molecular weight is 330 g/mol. The topological polar surface area (TPSA) is 44.9 Å². The van der Waals surface area contributed by atoms with E-state index in [1.165, 1.54) is 12.1 Å². The third-order valence-electron chi connectivity index (χ3n) is 4.17.